The molecule has 20 heavy (non-hydrogen) atoms. The van der Waals surface area contributed by atoms with Gasteiger partial charge in [0.2, 0.25) is 0 Å². The Morgan fingerprint density at radius 2 is 2.15 bits per heavy atom. The summed E-state index contributed by atoms with van der Waals surface area (Å²) >= 11 is 0. The Morgan fingerprint density at radius 1 is 1.40 bits per heavy atom. The zero-order valence-corrected chi connectivity index (χ0v) is 12.0. The number of nitrogens with two attached hydrogens (primary N) is 1. The average molecular weight is 284 g/mol. The van der Waals surface area contributed by atoms with Gasteiger partial charge in [-0.05, 0) is 31.0 Å². The Kier molecular flexibility index (Phi) is 5.07. The minimum atomic E-state index is -0.827. The van der Waals surface area contributed by atoms with E-state index in [4.69, 9.17) is 10.5 Å². The monoisotopic (exact) mass is 284 g/mol. The van der Waals surface area contributed by atoms with Gasteiger partial charge in [0.15, 0.2) is 11.6 Å². The molecule has 1 fully saturated rings. The van der Waals surface area contributed by atoms with Crippen molar-refractivity contribution in [2.24, 2.45) is 5.73 Å². The summed E-state index contributed by atoms with van der Waals surface area (Å²) in [5, 5.41) is 0. The highest BCUT2D eigenvalue weighted by molar-refractivity contribution is 5.22. The van der Waals surface area contributed by atoms with E-state index in [1.807, 2.05) is 6.92 Å². The van der Waals surface area contributed by atoms with E-state index in [0.29, 0.717) is 13.2 Å². The maximum atomic E-state index is 13.4. The van der Waals surface area contributed by atoms with Crippen molar-refractivity contribution in [1.29, 1.82) is 0 Å². The molecule has 1 heterocycles. The minimum Gasteiger partial charge on any atom is -0.376 e. The maximum Gasteiger partial charge on any atom is 0.159 e. The molecule has 1 aromatic carbocycles. The van der Waals surface area contributed by atoms with Crippen molar-refractivity contribution in [3.05, 3.63) is 35.4 Å². The van der Waals surface area contributed by atoms with Gasteiger partial charge in [-0.1, -0.05) is 13.0 Å². The van der Waals surface area contributed by atoms with Gasteiger partial charge in [0.05, 0.1) is 12.7 Å². The zero-order chi connectivity index (χ0) is 14.7. The first-order valence-corrected chi connectivity index (χ1v) is 7.09. The van der Waals surface area contributed by atoms with Gasteiger partial charge >= 0.3 is 0 Å². The van der Waals surface area contributed by atoms with Crippen molar-refractivity contribution in [2.45, 2.75) is 38.5 Å². The molecule has 3 unspecified atom stereocenters. The van der Waals surface area contributed by atoms with E-state index in [1.165, 1.54) is 6.07 Å². The highest BCUT2D eigenvalue weighted by atomic mass is 19.2. The van der Waals surface area contributed by atoms with Crippen LogP contribution in [0.15, 0.2) is 18.2 Å². The van der Waals surface area contributed by atoms with Crippen molar-refractivity contribution >= 4 is 0 Å². The molecule has 1 aromatic rings. The van der Waals surface area contributed by atoms with E-state index in [1.54, 1.807) is 6.07 Å². The Morgan fingerprint density at radius 3 is 2.75 bits per heavy atom. The minimum absolute atomic E-state index is 0.110. The lowest BCUT2D eigenvalue weighted by Gasteiger charge is -2.43. The fourth-order valence-corrected chi connectivity index (χ4v) is 2.79. The van der Waals surface area contributed by atoms with E-state index in [2.05, 4.69) is 11.8 Å². The first kappa shape index (κ1) is 15.4. The number of morpholine rings is 1. The first-order chi connectivity index (χ1) is 9.56. The Bertz CT molecular complexity index is 455. The third-order valence-corrected chi connectivity index (χ3v) is 3.93. The molecular formula is C15H22F2N2O. The standard InChI is InChI=1S/C15H22F2N2O/c1-3-12-9-20-10(2)8-19(12)15(7-18)11-4-5-13(16)14(17)6-11/h4-6,10,12,15H,3,7-9,18H2,1-2H3. The molecule has 0 saturated carbocycles. The summed E-state index contributed by atoms with van der Waals surface area (Å²) in [7, 11) is 0. The average Bonchev–Trinajstić information content (AvgIpc) is 2.44. The number of rotatable bonds is 4. The largest absolute Gasteiger partial charge is 0.376 e. The van der Waals surface area contributed by atoms with E-state index in [0.717, 1.165) is 24.6 Å². The topological polar surface area (TPSA) is 38.5 Å². The Balaban J connectivity index is 2.26. The summed E-state index contributed by atoms with van der Waals surface area (Å²) < 4.78 is 32.2. The second-order valence-electron chi connectivity index (χ2n) is 5.33. The van der Waals surface area contributed by atoms with Crippen LogP contribution in [0.2, 0.25) is 0 Å². The van der Waals surface area contributed by atoms with Gasteiger partial charge in [-0.2, -0.15) is 0 Å². The maximum absolute atomic E-state index is 13.4. The molecule has 5 heteroatoms. The van der Waals surface area contributed by atoms with Gasteiger partial charge in [0.25, 0.3) is 0 Å². The molecule has 0 aromatic heterocycles. The predicted octanol–water partition coefficient (Wildman–Crippen LogP) is 2.46. The highest BCUT2D eigenvalue weighted by Gasteiger charge is 2.31. The van der Waals surface area contributed by atoms with E-state index in [-0.39, 0.29) is 18.2 Å². The van der Waals surface area contributed by atoms with Crippen LogP contribution in [-0.2, 0) is 4.74 Å². The van der Waals surface area contributed by atoms with Crippen molar-refractivity contribution in [3.8, 4) is 0 Å². The smallest absolute Gasteiger partial charge is 0.159 e. The number of nitrogens with zero attached hydrogens (tertiary/aromatic N) is 1. The summed E-state index contributed by atoms with van der Waals surface area (Å²) in [5.74, 6) is -1.65. The van der Waals surface area contributed by atoms with Crippen molar-refractivity contribution < 1.29 is 13.5 Å². The zero-order valence-electron chi connectivity index (χ0n) is 12.0. The molecule has 0 amide bonds. The van der Waals surface area contributed by atoms with Gasteiger partial charge < -0.3 is 10.5 Å². The van der Waals surface area contributed by atoms with Crippen LogP contribution in [-0.4, -0.2) is 36.7 Å². The van der Waals surface area contributed by atoms with Gasteiger partial charge in [-0.3, -0.25) is 4.90 Å². The second kappa shape index (κ2) is 6.61. The quantitative estimate of drug-likeness (QED) is 0.923. The van der Waals surface area contributed by atoms with Crippen molar-refractivity contribution in [2.75, 3.05) is 19.7 Å². The molecule has 2 N–H and O–H groups in total. The molecule has 0 bridgehead atoms. The lowest BCUT2D eigenvalue weighted by Crippen LogP contribution is -2.51. The summed E-state index contributed by atoms with van der Waals surface area (Å²) in [6.07, 6.45) is 1.06. The first-order valence-electron chi connectivity index (χ1n) is 7.09. The Hall–Kier alpha value is -1.04. The molecule has 1 aliphatic rings. The van der Waals surface area contributed by atoms with Gasteiger partial charge in [0, 0.05) is 25.2 Å². The van der Waals surface area contributed by atoms with Crippen LogP contribution in [0, 0.1) is 11.6 Å². The predicted molar refractivity (Wildman–Crippen MR) is 74.4 cm³/mol. The Labute approximate surface area is 118 Å². The molecule has 2 rings (SSSR count). The molecule has 1 saturated heterocycles. The lowest BCUT2D eigenvalue weighted by molar-refractivity contribution is -0.0719. The van der Waals surface area contributed by atoms with Crippen LogP contribution in [0.5, 0.6) is 0 Å². The summed E-state index contributed by atoms with van der Waals surface area (Å²) in [6, 6.07) is 4.18. The second-order valence-corrected chi connectivity index (χ2v) is 5.33. The number of ether oxygens (including phenoxy) is 1. The summed E-state index contributed by atoms with van der Waals surface area (Å²) in [4.78, 5) is 2.25. The molecule has 1 aliphatic heterocycles. The molecule has 0 aliphatic carbocycles. The normalized spacial score (nSPS) is 25.6. The van der Waals surface area contributed by atoms with Crippen LogP contribution in [0.4, 0.5) is 8.78 Å². The SMILES string of the molecule is CCC1COC(C)CN1C(CN)c1ccc(F)c(F)c1. The number of hydrogen-bond donors (Lipinski definition) is 1. The van der Waals surface area contributed by atoms with E-state index in [9.17, 15) is 8.78 Å². The lowest BCUT2D eigenvalue weighted by atomic mass is 10.00. The van der Waals surface area contributed by atoms with E-state index < -0.39 is 11.6 Å². The van der Waals surface area contributed by atoms with Crippen LogP contribution < -0.4 is 5.73 Å². The van der Waals surface area contributed by atoms with Crippen LogP contribution >= 0.6 is 0 Å². The molecule has 3 nitrogen and oxygen atoms in total. The fourth-order valence-electron chi connectivity index (χ4n) is 2.79. The van der Waals surface area contributed by atoms with Gasteiger partial charge in [0.1, 0.15) is 0 Å². The molecule has 3 atom stereocenters. The third-order valence-electron chi connectivity index (χ3n) is 3.93. The summed E-state index contributed by atoms with van der Waals surface area (Å²) in [6.45, 7) is 5.87. The van der Waals surface area contributed by atoms with Gasteiger partial charge in [-0.15, -0.1) is 0 Å². The fraction of sp³-hybridized carbons (Fsp3) is 0.600. The molecule has 112 valence electrons. The van der Waals surface area contributed by atoms with Crippen LogP contribution in [0.1, 0.15) is 31.9 Å². The highest BCUT2D eigenvalue weighted by Crippen LogP contribution is 2.27. The summed E-state index contributed by atoms with van der Waals surface area (Å²) in [5.41, 5.74) is 6.61. The third kappa shape index (κ3) is 3.16. The van der Waals surface area contributed by atoms with E-state index >= 15 is 0 Å². The molecule has 0 spiro atoms. The van der Waals surface area contributed by atoms with Gasteiger partial charge in [-0.25, -0.2) is 8.78 Å². The van der Waals surface area contributed by atoms with Crippen LogP contribution in [0.25, 0.3) is 0 Å². The molecular weight excluding hydrogens is 262 g/mol. The molecule has 0 radical (unpaired) electrons. The van der Waals surface area contributed by atoms with Crippen molar-refractivity contribution in [1.82, 2.24) is 4.90 Å². The number of halogens is 2. The van der Waals surface area contributed by atoms with Crippen molar-refractivity contribution in [3.63, 3.8) is 0 Å². The number of hydrogen-bond acceptors (Lipinski definition) is 3. The number of benzene rings is 1. The van der Waals surface area contributed by atoms with Crippen LogP contribution in [0.3, 0.4) is 0 Å².